The minimum atomic E-state index is -4.59. The third kappa shape index (κ3) is 3.67. The molecule has 128 valence electrons. The number of nitriles is 1. The lowest BCUT2D eigenvalue weighted by molar-refractivity contribution is -0.141. The SMILES string of the molecule is CC(Sc1nc(N)cc(C(F)(F)F)n1)c1cc2c(C#N)csc2cn1. The molecule has 3 aromatic heterocycles. The molecule has 0 aliphatic carbocycles. The number of halogens is 3. The predicted octanol–water partition coefficient (Wildman–Crippen LogP) is 4.41. The third-order valence-corrected chi connectivity index (χ3v) is 5.24. The summed E-state index contributed by atoms with van der Waals surface area (Å²) >= 11 is 2.43. The Morgan fingerprint density at radius 3 is 2.76 bits per heavy atom. The first-order valence-electron chi connectivity index (χ1n) is 6.93. The fourth-order valence-electron chi connectivity index (χ4n) is 2.12. The summed E-state index contributed by atoms with van der Waals surface area (Å²) in [5.74, 6) is -0.245. The van der Waals surface area contributed by atoms with Crippen molar-refractivity contribution in [2.24, 2.45) is 0 Å². The number of aromatic nitrogens is 3. The van der Waals surface area contributed by atoms with Gasteiger partial charge < -0.3 is 5.73 Å². The molecule has 2 N–H and O–H groups in total. The summed E-state index contributed by atoms with van der Waals surface area (Å²) in [7, 11) is 0. The maximum absolute atomic E-state index is 12.8. The molecule has 0 radical (unpaired) electrons. The number of pyridine rings is 1. The molecule has 0 aliphatic heterocycles. The van der Waals surface area contributed by atoms with Gasteiger partial charge in [0.25, 0.3) is 0 Å². The maximum Gasteiger partial charge on any atom is 0.433 e. The quantitative estimate of drug-likeness (QED) is 0.534. The van der Waals surface area contributed by atoms with Gasteiger partial charge in [-0.2, -0.15) is 18.4 Å². The van der Waals surface area contributed by atoms with Crippen LogP contribution in [0.1, 0.15) is 29.1 Å². The largest absolute Gasteiger partial charge is 0.433 e. The molecule has 0 bridgehead atoms. The van der Waals surface area contributed by atoms with E-state index >= 15 is 0 Å². The molecule has 1 unspecified atom stereocenters. The molecule has 3 rings (SSSR count). The highest BCUT2D eigenvalue weighted by atomic mass is 32.2. The Hall–Kier alpha value is -2.38. The topological polar surface area (TPSA) is 88.5 Å². The number of alkyl halides is 3. The van der Waals surface area contributed by atoms with Crippen LogP contribution in [0.3, 0.4) is 0 Å². The van der Waals surface area contributed by atoms with Gasteiger partial charge in [0.05, 0.1) is 21.2 Å². The van der Waals surface area contributed by atoms with Crippen LogP contribution < -0.4 is 5.73 Å². The van der Waals surface area contributed by atoms with Crippen molar-refractivity contribution in [2.75, 3.05) is 5.73 Å². The molecule has 3 aromatic rings. The number of rotatable bonds is 3. The number of anilines is 1. The van der Waals surface area contributed by atoms with E-state index in [0.29, 0.717) is 17.3 Å². The standard InChI is InChI=1S/C15H10F3N5S2/c1-7(10-2-9-8(4-19)6-24-11(9)5-21-10)25-14-22-12(15(16,17)18)3-13(20)23-14/h2-3,5-7H,1H3,(H2,20,22,23). The summed E-state index contributed by atoms with van der Waals surface area (Å²) in [5.41, 5.74) is 5.53. The number of nitrogens with zero attached hydrogens (tertiary/aromatic N) is 4. The van der Waals surface area contributed by atoms with Gasteiger partial charge in [0, 0.05) is 23.0 Å². The van der Waals surface area contributed by atoms with Gasteiger partial charge in [0.15, 0.2) is 10.9 Å². The predicted molar refractivity (Wildman–Crippen MR) is 90.1 cm³/mol. The number of nitrogen functional groups attached to an aromatic ring is 1. The fraction of sp³-hybridized carbons (Fsp3) is 0.200. The van der Waals surface area contributed by atoms with Gasteiger partial charge in [0.1, 0.15) is 11.9 Å². The Balaban J connectivity index is 1.91. The molecule has 0 amide bonds. The van der Waals surface area contributed by atoms with Crippen molar-refractivity contribution in [2.45, 2.75) is 23.5 Å². The molecule has 0 fully saturated rings. The molecule has 0 saturated heterocycles. The van der Waals surface area contributed by atoms with Crippen molar-refractivity contribution in [3.8, 4) is 6.07 Å². The van der Waals surface area contributed by atoms with Crippen LogP contribution in [-0.2, 0) is 6.18 Å². The van der Waals surface area contributed by atoms with Gasteiger partial charge in [-0.05, 0) is 13.0 Å². The molecular weight excluding hydrogens is 371 g/mol. The zero-order valence-corrected chi connectivity index (χ0v) is 14.3. The smallest absolute Gasteiger partial charge is 0.384 e. The van der Waals surface area contributed by atoms with E-state index in [1.165, 1.54) is 11.3 Å². The third-order valence-electron chi connectivity index (χ3n) is 3.32. The number of hydrogen-bond donors (Lipinski definition) is 1. The molecule has 10 heteroatoms. The van der Waals surface area contributed by atoms with E-state index in [1.54, 1.807) is 24.6 Å². The van der Waals surface area contributed by atoms with E-state index in [0.717, 1.165) is 21.8 Å². The minimum Gasteiger partial charge on any atom is -0.384 e. The summed E-state index contributed by atoms with van der Waals surface area (Å²) in [6.45, 7) is 1.77. The lowest BCUT2D eigenvalue weighted by Gasteiger charge is -2.12. The van der Waals surface area contributed by atoms with E-state index in [2.05, 4.69) is 21.0 Å². The van der Waals surface area contributed by atoms with Crippen molar-refractivity contribution < 1.29 is 13.2 Å². The average Bonchev–Trinajstić information content (AvgIpc) is 2.95. The van der Waals surface area contributed by atoms with Crippen LogP contribution in [0.15, 0.2) is 28.9 Å². The lowest BCUT2D eigenvalue weighted by Crippen LogP contribution is -2.11. The molecule has 3 heterocycles. The highest BCUT2D eigenvalue weighted by molar-refractivity contribution is 7.99. The number of thiophene rings is 1. The monoisotopic (exact) mass is 381 g/mol. The second-order valence-electron chi connectivity index (χ2n) is 5.08. The second-order valence-corrected chi connectivity index (χ2v) is 7.30. The van der Waals surface area contributed by atoms with Crippen molar-refractivity contribution in [1.29, 1.82) is 5.26 Å². The number of hydrogen-bond acceptors (Lipinski definition) is 7. The maximum atomic E-state index is 12.8. The zero-order chi connectivity index (χ0) is 18.2. The van der Waals surface area contributed by atoms with E-state index in [-0.39, 0.29) is 16.2 Å². The molecular formula is C15H10F3N5S2. The Bertz CT molecular complexity index is 977. The van der Waals surface area contributed by atoms with E-state index in [4.69, 9.17) is 11.0 Å². The Labute approximate surface area is 148 Å². The van der Waals surface area contributed by atoms with Crippen LogP contribution in [0.4, 0.5) is 19.0 Å². The summed E-state index contributed by atoms with van der Waals surface area (Å²) in [4.78, 5) is 11.7. The average molecular weight is 381 g/mol. The van der Waals surface area contributed by atoms with Crippen LogP contribution in [0.25, 0.3) is 10.1 Å². The van der Waals surface area contributed by atoms with Crippen molar-refractivity contribution >= 4 is 39.0 Å². The van der Waals surface area contributed by atoms with Crippen LogP contribution >= 0.6 is 23.1 Å². The number of fused-ring (bicyclic) bond motifs is 1. The highest BCUT2D eigenvalue weighted by Crippen LogP contribution is 2.36. The number of thioether (sulfide) groups is 1. The molecule has 5 nitrogen and oxygen atoms in total. The normalized spacial score (nSPS) is 12.9. The molecule has 0 saturated carbocycles. The van der Waals surface area contributed by atoms with Crippen LogP contribution in [0.5, 0.6) is 0 Å². The number of nitrogens with two attached hydrogens (primary N) is 1. The van der Waals surface area contributed by atoms with Crippen LogP contribution in [0.2, 0.25) is 0 Å². The minimum absolute atomic E-state index is 0.0763. The van der Waals surface area contributed by atoms with Crippen molar-refractivity contribution in [1.82, 2.24) is 15.0 Å². The first-order chi connectivity index (χ1) is 11.8. The van der Waals surface area contributed by atoms with Gasteiger partial charge in [-0.1, -0.05) is 11.8 Å². The van der Waals surface area contributed by atoms with Crippen molar-refractivity contribution in [3.05, 3.63) is 40.7 Å². The molecule has 0 spiro atoms. The Morgan fingerprint density at radius 1 is 1.32 bits per heavy atom. The summed E-state index contributed by atoms with van der Waals surface area (Å²) < 4.78 is 39.4. The molecule has 0 aromatic carbocycles. The molecule has 0 aliphatic rings. The Kier molecular flexibility index (Phi) is 4.53. The van der Waals surface area contributed by atoms with Gasteiger partial charge in [-0.3, -0.25) is 4.98 Å². The van der Waals surface area contributed by atoms with E-state index in [1.807, 2.05) is 0 Å². The van der Waals surface area contributed by atoms with Gasteiger partial charge in [-0.25, -0.2) is 9.97 Å². The van der Waals surface area contributed by atoms with Crippen molar-refractivity contribution in [3.63, 3.8) is 0 Å². The van der Waals surface area contributed by atoms with Crippen LogP contribution in [0, 0.1) is 11.3 Å². The molecule has 1 atom stereocenters. The van der Waals surface area contributed by atoms with Crippen LogP contribution in [-0.4, -0.2) is 15.0 Å². The highest BCUT2D eigenvalue weighted by Gasteiger charge is 2.33. The van der Waals surface area contributed by atoms with E-state index in [9.17, 15) is 13.2 Å². The van der Waals surface area contributed by atoms with Gasteiger partial charge >= 0.3 is 6.18 Å². The summed E-state index contributed by atoms with van der Waals surface area (Å²) in [5, 5.41) is 11.2. The van der Waals surface area contributed by atoms with Gasteiger partial charge in [0.2, 0.25) is 0 Å². The zero-order valence-electron chi connectivity index (χ0n) is 12.7. The summed E-state index contributed by atoms with van der Waals surface area (Å²) in [6.07, 6.45) is -2.94. The second kappa shape index (κ2) is 6.50. The van der Waals surface area contributed by atoms with E-state index < -0.39 is 11.9 Å². The lowest BCUT2D eigenvalue weighted by atomic mass is 10.2. The van der Waals surface area contributed by atoms with Gasteiger partial charge in [-0.15, -0.1) is 11.3 Å². The summed E-state index contributed by atoms with van der Waals surface area (Å²) in [6, 6.07) is 4.57. The molecule has 25 heavy (non-hydrogen) atoms. The first kappa shape index (κ1) is 17.4. The first-order valence-corrected chi connectivity index (χ1v) is 8.69. The Morgan fingerprint density at radius 2 is 2.08 bits per heavy atom. The fourth-order valence-corrected chi connectivity index (χ4v) is 3.83.